The summed E-state index contributed by atoms with van der Waals surface area (Å²) >= 11 is 0. The second kappa shape index (κ2) is 8.63. The first-order valence-corrected chi connectivity index (χ1v) is 8.15. The van der Waals surface area contributed by atoms with Gasteiger partial charge in [-0.25, -0.2) is 9.18 Å². The lowest BCUT2D eigenvalue weighted by Gasteiger charge is -2.33. The summed E-state index contributed by atoms with van der Waals surface area (Å²) in [6, 6.07) is 4.81. The number of carbonyl (C=O) groups is 2. The molecule has 2 rings (SSSR count). The van der Waals surface area contributed by atoms with E-state index in [-0.39, 0.29) is 24.4 Å². The summed E-state index contributed by atoms with van der Waals surface area (Å²) in [5, 5.41) is 2.84. The van der Waals surface area contributed by atoms with Gasteiger partial charge >= 0.3 is 6.09 Å². The molecule has 0 saturated carbocycles. The van der Waals surface area contributed by atoms with Crippen LogP contribution in [-0.4, -0.2) is 61.1 Å². The zero-order chi connectivity index (χ0) is 17.5. The Balaban J connectivity index is 1.71. The highest BCUT2D eigenvalue weighted by atomic mass is 19.1. The number of rotatable bonds is 5. The Morgan fingerprint density at radius 1 is 1.25 bits per heavy atom. The fraction of sp³-hybridized carbons (Fsp3) is 0.529. The smallest absolute Gasteiger partial charge is 0.409 e. The van der Waals surface area contributed by atoms with Crippen LogP contribution in [0, 0.1) is 12.7 Å². The van der Waals surface area contributed by atoms with Crippen LogP contribution in [0.25, 0.3) is 0 Å². The number of halogens is 1. The molecule has 1 saturated heterocycles. The Kier molecular flexibility index (Phi) is 6.54. The van der Waals surface area contributed by atoms with Crippen LogP contribution in [-0.2, 0) is 16.1 Å². The van der Waals surface area contributed by atoms with E-state index in [4.69, 9.17) is 4.74 Å². The maximum absolute atomic E-state index is 13.2. The van der Waals surface area contributed by atoms with Crippen LogP contribution in [0.15, 0.2) is 18.2 Å². The molecule has 1 aliphatic heterocycles. The van der Waals surface area contributed by atoms with Gasteiger partial charge in [0.25, 0.3) is 0 Å². The fourth-order valence-corrected chi connectivity index (χ4v) is 2.58. The zero-order valence-electron chi connectivity index (χ0n) is 14.2. The van der Waals surface area contributed by atoms with E-state index >= 15 is 0 Å². The number of nitrogens with zero attached hydrogens (tertiary/aromatic N) is 2. The molecule has 0 bridgehead atoms. The van der Waals surface area contributed by atoms with Crippen LogP contribution >= 0.6 is 0 Å². The number of hydrogen-bond acceptors (Lipinski definition) is 4. The third-order valence-corrected chi connectivity index (χ3v) is 3.98. The lowest BCUT2D eigenvalue weighted by atomic mass is 10.1. The highest BCUT2D eigenvalue weighted by molar-refractivity contribution is 5.78. The van der Waals surface area contributed by atoms with E-state index in [2.05, 4.69) is 5.32 Å². The van der Waals surface area contributed by atoms with Gasteiger partial charge in [0.1, 0.15) is 5.82 Å². The van der Waals surface area contributed by atoms with E-state index in [9.17, 15) is 14.0 Å². The van der Waals surface area contributed by atoms with Crippen molar-refractivity contribution in [2.24, 2.45) is 0 Å². The summed E-state index contributed by atoms with van der Waals surface area (Å²) in [5.41, 5.74) is 1.44. The summed E-state index contributed by atoms with van der Waals surface area (Å²) in [7, 11) is 0. The van der Waals surface area contributed by atoms with Crippen LogP contribution in [0.3, 0.4) is 0 Å². The van der Waals surface area contributed by atoms with Crippen molar-refractivity contribution in [1.29, 1.82) is 0 Å². The monoisotopic (exact) mass is 337 g/mol. The number of piperazine rings is 1. The fourth-order valence-electron chi connectivity index (χ4n) is 2.58. The molecule has 2 amide bonds. The molecule has 0 radical (unpaired) electrons. The van der Waals surface area contributed by atoms with Crippen LogP contribution in [0.1, 0.15) is 18.1 Å². The predicted molar refractivity (Wildman–Crippen MR) is 88.0 cm³/mol. The minimum Gasteiger partial charge on any atom is -0.450 e. The number of aryl methyl sites for hydroxylation is 1. The molecule has 0 aromatic heterocycles. The molecule has 0 atom stereocenters. The molecule has 24 heavy (non-hydrogen) atoms. The quantitative estimate of drug-likeness (QED) is 0.885. The van der Waals surface area contributed by atoms with E-state index in [0.717, 1.165) is 5.56 Å². The number of amides is 2. The highest BCUT2D eigenvalue weighted by Crippen LogP contribution is 2.09. The Morgan fingerprint density at radius 3 is 2.58 bits per heavy atom. The standard InChI is InChI=1S/C17H24FN3O3/c1-3-24-17(23)21-8-6-20(7-9-21)12-16(22)19-11-14-4-5-15(18)13(2)10-14/h4-5,10H,3,6-9,11-12H2,1-2H3,(H,19,22). The molecular weight excluding hydrogens is 313 g/mol. The van der Waals surface area contributed by atoms with Crippen molar-refractivity contribution in [2.75, 3.05) is 39.3 Å². The zero-order valence-corrected chi connectivity index (χ0v) is 14.2. The topological polar surface area (TPSA) is 61.9 Å². The van der Waals surface area contributed by atoms with Gasteiger partial charge in [0.2, 0.25) is 5.91 Å². The van der Waals surface area contributed by atoms with Crippen molar-refractivity contribution in [1.82, 2.24) is 15.1 Å². The molecular formula is C17H24FN3O3. The van der Waals surface area contributed by atoms with Gasteiger partial charge in [-0.05, 0) is 31.0 Å². The van der Waals surface area contributed by atoms with Crippen LogP contribution in [0.5, 0.6) is 0 Å². The molecule has 1 fully saturated rings. The van der Waals surface area contributed by atoms with Gasteiger partial charge in [-0.3, -0.25) is 9.69 Å². The maximum atomic E-state index is 13.2. The van der Waals surface area contributed by atoms with Gasteiger partial charge in [0.05, 0.1) is 13.2 Å². The first-order valence-electron chi connectivity index (χ1n) is 8.15. The summed E-state index contributed by atoms with van der Waals surface area (Å²) in [4.78, 5) is 27.3. The van der Waals surface area contributed by atoms with Gasteiger partial charge in [-0.1, -0.05) is 12.1 Å². The number of nitrogens with one attached hydrogen (secondary N) is 1. The first-order chi connectivity index (χ1) is 11.5. The lowest BCUT2D eigenvalue weighted by Crippen LogP contribution is -2.51. The average Bonchev–Trinajstić information content (AvgIpc) is 2.57. The molecule has 1 aliphatic rings. The minimum atomic E-state index is -0.298. The van der Waals surface area contributed by atoms with Crippen molar-refractivity contribution in [3.05, 3.63) is 35.1 Å². The van der Waals surface area contributed by atoms with Crippen molar-refractivity contribution in [3.63, 3.8) is 0 Å². The Morgan fingerprint density at radius 2 is 1.96 bits per heavy atom. The molecule has 0 aliphatic carbocycles. The van der Waals surface area contributed by atoms with Gasteiger partial charge < -0.3 is 15.0 Å². The molecule has 1 aromatic carbocycles. The third-order valence-electron chi connectivity index (χ3n) is 3.98. The van der Waals surface area contributed by atoms with E-state index in [1.165, 1.54) is 6.07 Å². The summed E-state index contributed by atoms with van der Waals surface area (Å²) in [6.45, 7) is 6.91. The SMILES string of the molecule is CCOC(=O)N1CCN(CC(=O)NCc2ccc(F)c(C)c2)CC1. The highest BCUT2D eigenvalue weighted by Gasteiger charge is 2.22. The first kappa shape index (κ1) is 18.2. The van der Waals surface area contributed by atoms with E-state index in [1.54, 1.807) is 30.9 Å². The van der Waals surface area contributed by atoms with Crippen molar-refractivity contribution >= 4 is 12.0 Å². The maximum Gasteiger partial charge on any atom is 0.409 e. The summed E-state index contributed by atoms with van der Waals surface area (Å²) in [5.74, 6) is -0.328. The Hall–Kier alpha value is -2.15. The molecule has 132 valence electrons. The van der Waals surface area contributed by atoms with Crippen LogP contribution in [0.2, 0.25) is 0 Å². The van der Waals surface area contributed by atoms with Gasteiger partial charge in [0.15, 0.2) is 0 Å². The van der Waals surface area contributed by atoms with Gasteiger partial charge in [-0.15, -0.1) is 0 Å². The number of hydrogen-bond donors (Lipinski definition) is 1. The van der Waals surface area contributed by atoms with Crippen LogP contribution in [0.4, 0.5) is 9.18 Å². The Labute approximate surface area is 141 Å². The van der Waals surface area contributed by atoms with Crippen molar-refractivity contribution in [3.8, 4) is 0 Å². The molecule has 1 aromatic rings. The number of carbonyl (C=O) groups excluding carboxylic acids is 2. The normalized spacial score (nSPS) is 15.2. The number of ether oxygens (including phenoxy) is 1. The molecule has 6 nitrogen and oxygen atoms in total. The lowest BCUT2D eigenvalue weighted by molar-refractivity contribution is -0.122. The molecule has 0 spiro atoms. The summed E-state index contributed by atoms with van der Waals surface area (Å²) < 4.78 is 18.2. The van der Waals surface area contributed by atoms with Crippen molar-refractivity contribution in [2.45, 2.75) is 20.4 Å². The summed E-state index contributed by atoms with van der Waals surface area (Å²) in [6.07, 6.45) is -0.298. The van der Waals surface area contributed by atoms with E-state index in [0.29, 0.717) is 44.9 Å². The average molecular weight is 337 g/mol. The molecule has 1 heterocycles. The second-order valence-corrected chi connectivity index (χ2v) is 5.82. The predicted octanol–water partition coefficient (Wildman–Crippen LogP) is 1.52. The molecule has 7 heteroatoms. The number of benzene rings is 1. The minimum absolute atomic E-state index is 0.0819. The van der Waals surface area contributed by atoms with Gasteiger partial charge in [-0.2, -0.15) is 0 Å². The van der Waals surface area contributed by atoms with Crippen molar-refractivity contribution < 1.29 is 18.7 Å². The molecule has 1 N–H and O–H groups in total. The van der Waals surface area contributed by atoms with Crippen LogP contribution < -0.4 is 5.32 Å². The largest absolute Gasteiger partial charge is 0.450 e. The van der Waals surface area contributed by atoms with E-state index in [1.807, 2.05) is 4.90 Å². The van der Waals surface area contributed by atoms with Gasteiger partial charge in [0, 0.05) is 32.7 Å². The molecule has 0 unspecified atom stereocenters. The Bertz CT molecular complexity index is 586. The second-order valence-electron chi connectivity index (χ2n) is 5.82. The third kappa shape index (κ3) is 5.19. The van der Waals surface area contributed by atoms with E-state index < -0.39 is 0 Å².